The van der Waals surface area contributed by atoms with Crippen LogP contribution in [0.5, 0.6) is 0 Å². The predicted octanol–water partition coefficient (Wildman–Crippen LogP) is -0.730. The number of hydrogen-bond acceptors (Lipinski definition) is 4. The quantitative estimate of drug-likeness (QED) is 0.619. The molecule has 0 spiro atoms. The molecule has 0 saturated carbocycles. The van der Waals surface area contributed by atoms with Crippen molar-refractivity contribution < 1.29 is 19.1 Å². The highest BCUT2D eigenvalue weighted by Gasteiger charge is 2.71. The zero-order valence-corrected chi connectivity index (χ0v) is 9.79. The van der Waals surface area contributed by atoms with Crippen LogP contribution in [0.3, 0.4) is 0 Å². The van der Waals surface area contributed by atoms with E-state index in [1.165, 1.54) is 0 Å². The first kappa shape index (κ1) is 11.3. The third-order valence-electron chi connectivity index (χ3n) is 3.40. The summed E-state index contributed by atoms with van der Waals surface area (Å²) in [5, 5.41) is 2.51. The summed E-state index contributed by atoms with van der Waals surface area (Å²) >= 11 is 0. The topological polar surface area (TPSA) is 90.6 Å². The molecule has 6 nitrogen and oxygen atoms in total. The van der Waals surface area contributed by atoms with E-state index in [0.29, 0.717) is 0 Å². The first-order valence-electron chi connectivity index (χ1n) is 5.13. The van der Waals surface area contributed by atoms with Gasteiger partial charge in [0.05, 0.1) is 0 Å². The smallest absolute Gasteiger partial charge is 0.255 e. The summed E-state index contributed by atoms with van der Waals surface area (Å²) in [6.07, 6.45) is 0. The summed E-state index contributed by atoms with van der Waals surface area (Å²) in [6, 6.07) is -0.869. The van der Waals surface area contributed by atoms with Crippen molar-refractivity contribution in [2.24, 2.45) is 5.73 Å². The Kier molecular flexibility index (Phi) is 1.95. The third kappa shape index (κ3) is 1.14. The van der Waals surface area contributed by atoms with Gasteiger partial charge in [0.1, 0.15) is 11.6 Å². The summed E-state index contributed by atoms with van der Waals surface area (Å²) < 4.78 is 11.3. The lowest BCUT2D eigenvalue weighted by Gasteiger charge is -2.30. The maximum Gasteiger partial charge on any atom is 0.255 e. The largest absolute Gasteiger partial charge is 0.368 e. The Bertz CT molecular complexity index is 381. The second kappa shape index (κ2) is 2.75. The molecule has 16 heavy (non-hydrogen) atoms. The molecule has 6 heteroatoms. The van der Waals surface area contributed by atoms with Crippen molar-refractivity contribution in [2.45, 2.75) is 50.7 Å². The van der Waals surface area contributed by atoms with Crippen molar-refractivity contribution in [3.8, 4) is 0 Å². The van der Waals surface area contributed by atoms with E-state index in [1.807, 2.05) is 0 Å². The van der Waals surface area contributed by atoms with Crippen molar-refractivity contribution in [2.75, 3.05) is 0 Å². The Labute approximate surface area is 93.5 Å². The van der Waals surface area contributed by atoms with Crippen molar-refractivity contribution in [1.82, 2.24) is 5.32 Å². The number of carbonyl (C=O) groups is 2. The molecule has 2 aliphatic rings. The molecule has 0 bridgehead atoms. The van der Waals surface area contributed by atoms with Gasteiger partial charge in [-0.3, -0.25) is 9.59 Å². The van der Waals surface area contributed by atoms with Crippen LogP contribution < -0.4 is 11.1 Å². The van der Waals surface area contributed by atoms with Crippen molar-refractivity contribution in [1.29, 1.82) is 0 Å². The molecule has 3 atom stereocenters. The van der Waals surface area contributed by atoms with E-state index in [9.17, 15) is 9.59 Å². The highest BCUT2D eigenvalue weighted by molar-refractivity contribution is 5.98. The predicted molar refractivity (Wildman–Crippen MR) is 54.2 cm³/mol. The fourth-order valence-electron chi connectivity index (χ4n) is 2.58. The maximum absolute atomic E-state index is 11.9. The number of primary amides is 1. The van der Waals surface area contributed by atoms with E-state index in [-0.39, 0.29) is 5.91 Å². The fourth-order valence-corrected chi connectivity index (χ4v) is 2.58. The van der Waals surface area contributed by atoms with Crippen molar-refractivity contribution >= 4 is 11.8 Å². The number of hydrogen-bond donors (Lipinski definition) is 2. The second-order valence-electron chi connectivity index (χ2n) is 5.05. The molecule has 2 heterocycles. The van der Waals surface area contributed by atoms with Gasteiger partial charge in [0, 0.05) is 0 Å². The van der Waals surface area contributed by atoms with Crippen LogP contribution in [-0.4, -0.2) is 34.8 Å². The zero-order chi connectivity index (χ0) is 12.4. The van der Waals surface area contributed by atoms with Crippen LogP contribution in [0, 0.1) is 0 Å². The minimum Gasteiger partial charge on any atom is -0.368 e. The van der Waals surface area contributed by atoms with Gasteiger partial charge in [-0.2, -0.15) is 0 Å². The van der Waals surface area contributed by atoms with Crippen molar-refractivity contribution in [3.05, 3.63) is 0 Å². The Morgan fingerprint density at radius 3 is 2.38 bits per heavy atom. The summed E-state index contributed by atoms with van der Waals surface area (Å²) in [5.41, 5.74) is 3.01. The van der Waals surface area contributed by atoms with Gasteiger partial charge in [-0.05, 0) is 27.7 Å². The van der Waals surface area contributed by atoms with Gasteiger partial charge >= 0.3 is 0 Å². The SMILES string of the molecule is CC1(C)OC2(C)C(=O)NC(C(N)=O)C2(C)O1. The first-order chi connectivity index (χ1) is 7.12. The average Bonchev–Trinajstić information content (AvgIpc) is 2.37. The summed E-state index contributed by atoms with van der Waals surface area (Å²) in [7, 11) is 0. The summed E-state index contributed by atoms with van der Waals surface area (Å²) in [5.74, 6) is -1.90. The number of nitrogens with two attached hydrogens (primary N) is 1. The van der Waals surface area contributed by atoms with Crippen LogP contribution in [-0.2, 0) is 19.1 Å². The molecular formula is C10H16N2O4. The van der Waals surface area contributed by atoms with Crippen LogP contribution in [0.25, 0.3) is 0 Å². The molecule has 3 unspecified atom stereocenters. The number of ether oxygens (including phenoxy) is 2. The fraction of sp³-hybridized carbons (Fsp3) is 0.800. The molecule has 0 aromatic rings. The van der Waals surface area contributed by atoms with E-state index in [0.717, 1.165) is 0 Å². The molecule has 90 valence electrons. The average molecular weight is 228 g/mol. The van der Waals surface area contributed by atoms with Crippen molar-refractivity contribution in [3.63, 3.8) is 0 Å². The molecule has 0 aromatic heterocycles. The Morgan fingerprint density at radius 1 is 1.31 bits per heavy atom. The lowest BCUT2D eigenvalue weighted by Crippen LogP contribution is -2.56. The van der Waals surface area contributed by atoms with E-state index < -0.39 is 28.9 Å². The highest BCUT2D eigenvalue weighted by Crippen LogP contribution is 2.49. The number of fused-ring (bicyclic) bond motifs is 1. The van der Waals surface area contributed by atoms with Crippen LogP contribution in [0.15, 0.2) is 0 Å². The van der Waals surface area contributed by atoms with Gasteiger partial charge in [0.25, 0.3) is 5.91 Å². The van der Waals surface area contributed by atoms with Gasteiger partial charge in [-0.15, -0.1) is 0 Å². The second-order valence-corrected chi connectivity index (χ2v) is 5.05. The monoisotopic (exact) mass is 228 g/mol. The lowest BCUT2D eigenvalue weighted by molar-refractivity contribution is -0.181. The molecule has 0 aliphatic carbocycles. The van der Waals surface area contributed by atoms with E-state index >= 15 is 0 Å². The van der Waals surface area contributed by atoms with E-state index in [2.05, 4.69) is 5.32 Å². The molecule has 2 rings (SSSR count). The van der Waals surface area contributed by atoms with Crippen LogP contribution >= 0.6 is 0 Å². The van der Waals surface area contributed by atoms with E-state index in [4.69, 9.17) is 15.2 Å². The van der Waals surface area contributed by atoms with E-state index in [1.54, 1.807) is 27.7 Å². The Balaban J connectivity index is 2.49. The molecule has 2 fully saturated rings. The number of carbonyl (C=O) groups excluding carboxylic acids is 2. The Hall–Kier alpha value is -1.14. The summed E-state index contributed by atoms with van der Waals surface area (Å²) in [4.78, 5) is 23.2. The molecule has 2 aliphatic heterocycles. The normalized spacial score (nSPS) is 45.2. The van der Waals surface area contributed by atoms with Crippen LogP contribution in [0.1, 0.15) is 27.7 Å². The maximum atomic E-state index is 11.9. The highest BCUT2D eigenvalue weighted by atomic mass is 16.8. The first-order valence-corrected chi connectivity index (χ1v) is 5.13. The van der Waals surface area contributed by atoms with Gasteiger partial charge in [0.15, 0.2) is 11.4 Å². The van der Waals surface area contributed by atoms with Gasteiger partial charge in [-0.1, -0.05) is 0 Å². The molecule has 3 N–H and O–H groups in total. The van der Waals surface area contributed by atoms with Gasteiger partial charge in [-0.25, -0.2) is 0 Å². The third-order valence-corrected chi connectivity index (χ3v) is 3.40. The Morgan fingerprint density at radius 2 is 1.88 bits per heavy atom. The zero-order valence-electron chi connectivity index (χ0n) is 9.79. The molecule has 0 radical (unpaired) electrons. The molecular weight excluding hydrogens is 212 g/mol. The number of amides is 2. The standard InChI is InChI=1S/C10H16N2O4/c1-8(2)15-9(3)5(6(11)13)12-7(14)10(9,4)16-8/h5H,1-4H3,(H2,11,13)(H,12,14). The lowest BCUT2D eigenvalue weighted by atomic mass is 9.84. The molecule has 0 aromatic carbocycles. The van der Waals surface area contributed by atoms with Crippen LogP contribution in [0.2, 0.25) is 0 Å². The summed E-state index contributed by atoms with van der Waals surface area (Å²) in [6.45, 7) is 6.68. The number of rotatable bonds is 1. The minimum atomic E-state index is -1.18. The van der Waals surface area contributed by atoms with Crippen LogP contribution in [0.4, 0.5) is 0 Å². The van der Waals surface area contributed by atoms with Gasteiger partial charge < -0.3 is 20.5 Å². The minimum absolute atomic E-state index is 0.371. The number of nitrogens with one attached hydrogen (secondary N) is 1. The molecule has 2 amide bonds. The molecule has 2 saturated heterocycles. The van der Waals surface area contributed by atoms with Gasteiger partial charge in [0.2, 0.25) is 5.91 Å².